The van der Waals surface area contributed by atoms with Crippen LogP contribution in [0, 0.1) is 0 Å². The SMILES string of the molecule is C=CCN(Cc1ccccc1Cl)C(=O)[C@@H](c1cccnc1)N1CCCC1. The molecule has 5 heteroatoms. The molecule has 1 amide bonds. The highest BCUT2D eigenvalue weighted by molar-refractivity contribution is 6.31. The van der Waals surface area contributed by atoms with Crippen LogP contribution in [-0.4, -0.2) is 40.3 Å². The Morgan fingerprint density at radius 1 is 1.27 bits per heavy atom. The minimum Gasteiger partial charge on any atom is -0.333 e. The number of hydrogen-bond acceptors (Lipinski definition) is 3. The van der Waals surface area contributed by atoms with E-state index in [9.17, 15) is 4.79 Å². The average Bonchev–Trinajstić information content (AvgIpc) is 3.18. The first-order valence-electron chi connectivity index (χ1n) is 8.97. The van der Waals surface area contributed by atoms with Gasteiger partial charge < -0.3 is 4.90 Å². The normalized spacial score (nSPS) is 15.6. The Morgan fingerprint density at radius 2 is 2.04 bits per heavy atom. The number of benzene rings is 1. The van der Waals surface area contributed by atoms with Gasteiger partial charge in [-0.3, -0.25) is 14.7 Å². The molecule has 1 aromatic heterocycles. The Labute approximate surface area is 160 Å². The Kier molecular flexibility index (Phi) is 6.42. The second kappa shape index (κ2) is 8.97. The van der Waals surface area contributed by atoms with E-state index in [2.05, 4.69) is 16.5 Å². The van der Waals surface area contributed by atoms with Gasteiger partial charge >= 0.3 is 0 Å². The third-order valence-electron chi connectivity index (χ3n) is 4.72. The summed E-state index contributed by atoms with van der Waals surface area (Å²) in [6, 6.07) is 11.2. The molecule has 4 nitrogen and oxygen atoms in total. The lowest BCUT2D eigenvalue weighted by atomic mass is 10.1. The Balaban J connectivity index is 1.89. The lowest BCUT2D eigenvalue weighted by Crippen LogP contribution is -2.42. The Morgan fingerprint density at radius 3 is 2.69 bits per heavy atom. The lowest BCUT2D eigenvalue weighted by Gasteiger charge is -2.32. The summed E-state index contributed by atoms with van der Waals surface area (Å²) >= 11 is 6.31. The first kappa shape index (κ1) is 18.6. The molecule has 0 aliphatic carbocycles. The number of carbonyl (C=O) groups is 1. The maximum Gasteiger partial charge on any atom is 0.245 e. The number of hydrogen-bond donors (Lipinski definition) is 0. The van der Waals surface area contributed by atoms with Gasteiger partial charge in [0.1, 0.15) is 6.04 Å². The number of halogens is 1. The van der Waals surface area contributed by atoms with Crippen molar-refractivity contribution in [1.82, 2.24) is 14.8 Å². The lowest BCUT2D eigenvalue weighted by molar-refractivity contribution is -0.137. The van der Waals surface area contributed by atoms with Gasteiger partial charge in [0.15, 0.2) is 0 Å². The Bertz CT molecular complexity index is 744. The average molecular weight is 370 g/mol. The molecule has 0 radical (unpaired) electrons. The molecule has 1 aromatic carbocycles. The number of rotatable bonds is 7. The molecule has 0 unspecified atom stereocenters. The molecular formula is C21H24ClN3O. The highest BCUT2D eigenvalue weighted by Crippen LogP contribution is 2.28. The maximum absolute atomic E-state index is 13.5. The van der Waals surface area contributed by atoms with Crippen LogP contribution < -0.4 is 0 Å². The molecule has 0 N–H and O–H groups in total. The summed E-state index contributed by atoms with van der Waals surface area (Å²) in [5.74, 6) is 0.0692. The largest absolute Gasteiger partial charge is 0.333 e. The molecule has 1 aliphatic heterocycles. The second-order valence-corrected chi connectivity index (χ2v) is 6.94. The zero-order valence-corrected chi connectivity index (χ0v) is 15.6. The van der Waals surface area contributed by atoms with Crippen LogP contribution >= 0.6 is 11.6 Å². The van der Waals surface area contributed by atoms with Crippen molar-refractivity contribution in [3.05, 3.63) is 77.6 Å². The van der Waals surface area contributed by atoms with Gasteiger partial charge in [0, 0.05) is 30.5 Å². The molecular weight excluding hydrogens is 346 g/mol. The summed E-state index contributed by atoms with van der Waals surface area (Å²) < 4.78 is 0. The molecule has 2 aromatic rings. The molecule has 1 fully saturated rings. The minimum atomic E-state index is -0.311. The molecule has 1 aliphatic rings. The van der Waals surface area contributed by atoms with Crippen LogP contribution in [0.4, 0.5) is 0 Å². The van der Waals surface area contributed by atoms with Gasteiger partial charge in [-0.1, -0.05) is 41.9 Å². The summed E-state index contributed by atoms with van der Waals surface area (Å²) in [5, 5.41) is 0.675. The zero-order valence-electron chi connectivity index (χ0n) is 14.9. The maximum atomic E-state index is 13.5. The smallest absolute Gasteiger partial charge is 0.245 e. The highest BCUT2D eigenvalue weighted by atomic mass is 35.5. The molecule has 136 valence electrons. The molecule has 1 atom stereocenters. The zero-order chi connectivity index (χ0) is 18.4. The topological polar surface area (TPSA) is 36.4 Å². The number of carbonyl (C=O) groups excluding carboxylic acids is 1. The number of aromatic nitrogens is 1. The van der Waals surface area contributed by atoms with Gasteiger partial charge in [0.25, 0.3) is 0 Å². The number of pyridine rings is 1. The van der Waals surface area contributed by atoms with E-state index in [0.29, 0.717) is 18.1 Å². The predicted molar refractivity (Wildman–Crippen MR) is 105 cm³/mol. The fourth-order valence-corrected chi connectivity index (χ4v) is 3.64. The van der Waals surface area contributed by atoms with Crippen LogP contribution in [0.25, 0.3) is 0 Å². The first-order valence-corrected chi connectivity index (χ1v) is 9.35. The number of amides is 1. The van der Waals surface area contributed by atoms with Crippen LogP contribution in [0.2, 0.25) is 5.02 Å². The summed E-state index contributed by atoms with van der Waals surface area (Å²) in [6.45, 7) is 6.63. The van der Waals surface area contributed by atoms with Crippen LogP contribution in [0.15, 0.2) is 61.4 Å². The van der Waals surface area contributed by atoms with E-state index < -0.39 is 0 Å². The third kappa shape index (κ3) is 4.32. The van der Waals surface area contributed by atoms with Crippen molar-refractivity contribution in [3.63, 3.8) is 0 Å². The van der Waals surface area contributed by atoms with Crippen molar-refractivity contribution in [1.29, 1.82) is 0 Å². The molecule has 0 saturated carbocycles. The number of nitrogens with zero attached hydrogens (tertiary/aromatic N) is 3. The van der Waals surface area contributed by atoms with Gasteiger partial charge in [-0.2, -0.15) is 0 Å². The molecule has 2 heterocycles. The standard InChI is InChI=1S/C21H24ClN3O/c1-2-12-25(16-18-8-3-4-10-19(18)22)21(26)20(24-13-5-6-14-24)17-9-7-11-23-15-17/h2-4,7-11,15,20H,1,5-6,12-14,16H2/t20-/m1/s1. The van der Waals surface area contributed by atoms with Crippen molar-refractivity contribution < 1.29 is 4.79 Å². The predicted octanol–water partition coefficient (Wildman–Crippen LogP) is 4.09. The minimum absolute atomic E-state index is 0.0692. The molecule has 0 spiro atoms. The fourth-order valence-electron chi connectivity index (χ4n) is 3.44. The van der Waals surface area contributed by atoms with E-state index in [4.69, 9.17) is 11.6 Å². The van der Waals surface area contributed by atoms with E-state index in [1.165, 1.54) is 0 Å². The first-order chi connectivity index (χ1) is 12.7. The van der Waals surface area contributed by atoms with Crippen LogP contribution in [-0.2, 0) is 11.3 Å². The molecule has 3 rings (SSSR count). The monoisotopic (exact) mass is 369 g/mol. The van der Waals surface area contributed by atoms with Crippen LogP contribution in [0.1, 0.15) is 30.0 Å². The van der Waals surface area contributed by atoms with Gasteiger partial charge in [-0.05, 0) is 49.2 Å². The Hall–Kier alpha value is -2.17. The van der Waals surface area contributed by atoms with Crippen LogP contribution in [0.3, 0.4) is 0 Å². The molecule has 0 bridgehead atoms. The van der Waals surface area contributed by atoms with Crippen LogP contribution in [0.5, 0.6) is 0 Å². The van der Waals surface area contributed by atoms with Crippen molar-refractivity contribution in [2.75, 3.05) is 19.6 Å². The van der Waals surface area contributed by atoms with Crippen molar-refractivity contribution in [2.24, 2.45) is 0 Å². The van der Waals surface area contributed by atoms with E-state index in [0.717, 1.165) is 37.1 Å². The van der Waals surface area contributed by atoms with Crippen molar-refractivity contribution in [3.8, 4) is 0 Å². The van der Waals surface area contributed by atoms with Gasteiger partial charge in [0.2, 0.25) is 5.91 Å². The summed E-state index contributed by atoms with van der Waals surface area (Å²) in [7, 11) is 0. The third-order valence-corrected chi connectivity index (χ3v) is 5.09. The summed E-state index contributed by atoms with van der Waals surface area (Å²) in [5.41, 5.74) is 1.88. The van der Waals surface area contributed by atoms with E-state index in [-0.39, 0.29) is 11.9 Å². The van der Waals surface area contributed by atoms with Crippen molar-refractivity contribution >= 4 is 17.5 Å². The van der Waals surface area contributed by atoms with Gasteiger partial charge in [-0.25, -0.2) is 0 Å². The summed E-state index contributed by atoms with van der Waals surface area (Å²) in [6.07, 6.45) is 7.54. The second-order valence-electron chi connectivity index (χ2n) is 6.53. The van der Waals surface area contributed by atoms with Crippen molar-refractivity contribution in [2.45, 2.75) is 25.4 Å². The quantitative estimate of drug-likeness (QED) is 0.690. The highest BCUT2D eigenvalue weighted by Gasteiger charge is 2.32. The van der Waals surface area contributed by atoms with E-state index in [1.807, 2.05) is 41.3 Å². The van der Waals surface area contributed by atoms with E-state index >= 15 is 0 Å². The number of likely N-dealkylation sites (tertiary alicyclic amines) is 1. The fraction of sp³-hybridized carbons (Fsp3) is 0.333. The van der Waals surface area contributed by atoms with Gasteiger partial charge in [-0.15, -0.1) is 6.58 Å². The van der Waals surface area contributed by atoms with E-state index in [1.54, 1.807) is 18.5 Å². The summed E-state index contributed by atoms with van der Waals surface area (Å²) in [4.78, 5) is 21.8. The molecule has 26 heavy (non-hydrogen) atoms. The van der Waals surface area contributed by atoms with Gasteiger partial charge in [0.05, 0.1) is 0 Å². The molecule has 1 saturated heterocycles.